The largest absolute Gasteiger partial charge is 0.382 e. The van der Waals surface area contributed by atoms with Gasteiger partial charge in [-0.3, -0.25) is 9.59 Å². The Morgan fingerprint density at radius 1 is 1.18 bits per heavy atom. The summed E-state index contributed by atoms with van der Waals surface area (Å²) in [4.78, 5) is 29.2. The summed E-state index contributed by atoms with van der Waals surface area (Å²) in [5, 5.41) is 9.13. The number of nitrogens with zero attached hydrogens (tertiary/aromatic N) is 2. The van der Waals surface area contributed by atoms with Gasteiger partial charge in [-0.2, -0.15) is 0 Å². The lowest BCUT2D eigenvalue weighted by Crippen LogP contribution is -2.30. The number of rotatable bonds is 13. The van der Waals surface area contributed by atoms with Crippen LogP contribution in [0.15, 0.2) is 66.2 Å². The van der Waals surface area contributed by atoms with Gasteiger partial charge in [0.05, 0.1) is 12.2 Å². The van der Waals surface area contributed by atoms with Crippen LogP contribution < -0.4 is 16.0 Å². The lowest BCUT2D eigenvalue weighted by atomic mass is 10.2. The highest BCUT2D eigenvalue weighted by Crippen LogP contribution is 2.20. The highest BCUT2D eigenvalue weighted by molar-refractivity contribution is 5.92. The van der Waals surface area contributed by atoms with Crippen molar-refractivity contribution >= 4 is 29.9 Å². The third kappa shape index (κ3) is 12.4. The van der Waals surface area contributed by atoms with Crippen LogP contribution in [0.5, 0.6) is 0 Å². The number of hydrogen-bond acceptors (Lipinski definition) is 5. The van der Waals surface area contributed by atoms with Crippen molar-refractivity contribution in [3.8, 4) is 0 Å². The average Bonchev–Trinajstić information content (AvgIpc) is 2.85. The second-order valence-electron chi connectivity index (χ2n) is 7.08. The molecule has 186 valence electrons. The summed E-state index contributed by atoms with van der Waals surface area (Å²) in [6.45, 7) is 13.1. The molecule has 0 aliphatic carbocycles. The van der Waals surface area contributed by atoms with Crippen LogP contribution in [0.4, 0.5) is 11.5 Å². The fourth-order valence-corrected chi connectivity index (χ4v) is 2.64. The molecule has 1 heterocycles. The monoisotopic (exact) mass is 467 g/mol. The number of likely N-dealkylation sites (N-methyl/N-ethyl adjacent to an activating group) is 1. The molecule has 34 heavy (non-hydrogen) atoms. The highest BCUT2D eigenvalue weighted by atomic mass is 16.2. The average molecular weight is 468 g/mol. The minimum atomic E-state index is -0.126. The SMILES string of the molecule is CC.C\C=C/C=C\C=C(/C)N/C(=C/C)CN(C)C(=O)/C=C/c1cnc(NC=O)c(NCCC)c1. The maximum absolute atomic E-state index is 12.6. The van der Waals surface area contributed by atoms with Crippen LogP contribution in [0.1, 0.15) is 53.5 Å². The molecule has 1 aromatic heterocycles. The van der Waals surface area contributed by atoms with Gasteiger partial charge in [0.15, 0.2) is 5.82 Å². The smallest absolute Gasteiger partial charge is 0.246 e. The fraction of sp³-hybridized carbons (Fsp3) is 0.370. The molecule has 0 saturated carbocycles. The summed E-state index contributed by atoms with van der Waals surface area (Å²) in [6.07, 6.45) is 18.2. The van der Waals surface area contributed by atoms with Gasteiger partial charge in [-0.05, 0) is 51.0 Å². The first-order valence-electron chi connectivity index (χ1n) is 11.7. The molecule has 0 radical (unpaired) electrons. The molecule has 7 nitrogen and oxygen atoms in total. The van der Waals surface area contributed by atoms with E-state index in [4.69, 9.17) is 0 Å². The molecule has 0 aromatic carbocycles. The molecule has 3 N–H and O–H groups in total. The van der Waals surface area contributed by atoms with Crippen molar-refractivity contribution in [1.29, 1.82) is 0 Å². The van der Waals surface area contributed by atoms with Crippen LogP contribution >= 0.6 is 0 Å². The number of nitrogens with one attached hydrogen (secondary N) is 3. The Morgan fingerprint density at radius 2 is 1.91 bits per heavy atom. The second-order valence-corrected chi connectivity index (χ2v) is 7.08. The minimum Gasteiger partial charge on any atom is -0.382 e. The molecule has 0 bridgehead atoms. The van der Waals surface area contributed by atoms with Crippen LogP contribution in [0.25, 0.3) is 6.08 Å². The predicted molar refractivity (Wildman–Crippen MR) is 145 cm³/mol. The zero-order chi connectivity index (χ0) is 25.8. The molecule has 1 rings (SSSR count). The Hall–Kier alpha value is -3.61. The van der Waals surface area contributed by atoms with Gasteiger partial charge in [0, 0.05) is 37.3 Å². The first-order valence-corrected chi connectivity index (χ1v) is 11.7. The van der Waals surface area contributed by atoms with E-state index in [0.29, 0.717) is 24.5 Å². The molecule has 0 unspecified atom stereocenters. The lowest BCUT2D eigenvalue weighted by molar-refractivity contribution is -0.124. The van der Waals surface area contributed by atoms with Crippen LogP contribution in [0.2, 0.25) is 0 Å². The number of hydrogen-bond donors (Lipinski definition) is 3. The molecule has 1 aromatic rings. The van der Waals surface area contributed by atoms with Gasteiger partial charge in [0.1, 0.15) is 0 Å². The van der Waals surface area contributed by atoms with Crippen molar-refractivity contribution < 1.29 is 9.59 Å². The van der Waals surface area contributed by atoms with Crippen LogP contribution in [0.3, 0.4) is 0 Å². The third-order valence-corrected chi connectivity index (χ3v) is 4.34. The quantitative estimate of drug-likeness (QED) is 0.203. The van der Waals surface area contributed by atoms with E-state index >= 15 is 0 Å². The molecular weight excluding hydrogens is 426 g/mol. The number of allylic oxidation sites excluding steroid dienone is 7. The summed E-state index contributed by atoms with van der Waals surface area (Å²) in [5.74, 6) is 0.334. The number of carbonyl (C=O) groups is 2. The number of pyridine rings is 1. The van der Waals surface area contributed by atoms with Crippen molar-refractivity contribution in [3.05, 3.63) is 71.8 Å². The summed E-state index contributed by atoms with van der Waals surface area (Å²) in [7, 11) is 1.76. The maximum atomic E-state index is 12.6. The zero-order valence-corrected chi connectivity index (χ0v) is 21.7. The summed E-state index contributed by atoms with van der Waals surface area (Å²) < 4.78 is 0. The molecule has 0 spiro atoms. The molecule has 7 heteroatoms. The third-order valence-electron chi connectivity index (χ3n) is 4.34. The van der Waals surface area contributed by atoms with Crippen LogP contribution in [-0.2, 0) is 9.59 Å². The van der Waals surface area contributed by atoms with E-state index < -0.39 is 0 Å². The molecule has 0 fully saturated rings. The van der Waals surface area contributed by atoms with Gasteiger partial charge < -0.3 is 20.9 Å². The van der Waals surface area contributed by atoms with Crippen molar-refractivity contribution in [2.45, 2.75) is 48.0 Å². The minimum absolute atomic E-state index is 0.126. The molecule has 0 aliphatic rings. The van der Waals surface area contributed by atoms with E-state index in [-0.39, 0.29) is 5.91 Å². The van der Waals surface area contributed by atoms with Gasteiger partial charge in [0.25, 0.3) is 0 Å². The highest BCUT2D eigenvalue weighted by Gasteiger charge is 2.08. The Kier molecular flexibility index (Phi) is 16.9. The molecule has 2 amide bonds. The van der Waals surface area contributed by atoms with Gasteiger partial charge in [-0.1, -0.05) is 51.2 Å². The van der Waals surface area contributed by atoms with Gasteiger partial charge >= 0.3 is 0 Å². The standard InChI is InChI=1S/C25H35N5O2.C2H6/c1-6-9-10-11-12-20(4)29-22(8-3)18-30(5)24(32)14-13-21-16-23(26-15-7-2)25(27-17-21)28-19-31;1-2/h6,8-14,16-17,19,26,29H,7,15,18H2,1-5H3,(H,27,28,31);1-2H3/b9-6-,11-10-,14-13+,20-12+,22-8+;. The topological polar surface area (TPSA) is 86.4 Å². The van der Waals surface area contributed by atoms with E-state index in [1.807, 2.05) is 77.1 Å². The van der Waals surface area contributed by atoms with Gasteiger partial charge in [0.2, 0.25) is 12.3 Å². The first kappa shape index (κ1) is 30.4. The van der Waals surface area contributed by atoms with Crippen molar-refractivity contribution in [2.75, 3.05) is 30.8 Å². The Balaban J connectivity index is 0.00000529. The number of carbonyl (C=O) groups excluding carboxylic acids is 2. The van der Waals surface area contributed by atoms with E-state index in [0.717, 1.165) is 29.9 Å². The molecule has 0 saturated heterocycles. The Bertz CT molecular complexity index is 898. The zero-order valence-electron chi connectivity index (χ0n) is 21.7. The fourth-order valence-electron chi connectivity index (χ4n) is 2.64. The summed E-state index contributed by atoms with van der Waals surface area (Å²) in [6, 6.07) is 1.85. The summed E-state index contributed by atoms with van der Waals surface area (Å²) in [5.41, 5.74) is 3.39. The number of amides is 2. The van der Waals surface area contributed by atoms with Crippen LogP contribution in [0, 0.1) is 0 Å². The Morgan fingerprint density at radius 3 is 2.53 bits per heavy atom. The second kappa shape index (κ2) is 18.9. The van der Waals surface area contributed by atoms with E-state index in [2.05, 4.69) is 27.9 Å². The normalized spacial score (nSPS) is 12.0. The first-order chi connectivity index (χ1) is 16.4. The van der Waals surface area contributed by atoms with E-state index in [1.54, 1.807) is 24.2 Å². The van der Waals surface area contributed by atoms with Gasteiger partial charge in [-0.25, -0.2) is 4.98 Å². The maximum Gasteiger partial charge on any atom is 0.246 e. The predicted octanol–water partition coefficient (Wildman–Crippen LogP) is 5.50. The Labute approximate surface area is 205 Å². The molecule has 0 aliphatic heterocycles. The number of anilines is 2. The van der Waals surface area contributed by atoms with Crippen molar-refractivity contribution in [2.24, 2.45) is 0 Å². The van der Waals surface area contributed by atoms with Crippen LogP contribution in [-0.4, -0.2) is 42.3 Å². The molecule has 0 atom stereocenters. The van der Waals surface area contributed by atoms with E-state index in [9.17, 15) is 9.59 Å². The number of aromatic nitrogens is 1. The van der Waals surface area contributed by atoms with Gasteiger partial charge in [-0.15, -0.1) is 0 Å². The summed E-state index contributed by atoms with van der Waals surface area (Å²) >= 11 is 0. The van der Waals surface area contributed by atoms with Crippen molar-refractivity contribution in [1.82, 2.24) is 15.2 Å². The lowest BCUT2D eigenvalue weighted by Gasteiger charge is -2.19. The van der Waals surface area contributed by atoms with E-state index in [1.165, 1.54) is 6.08 Å². The van der Waals surface area contributed by atoms with Crippen molar-refractivity contribution in [3.63, 3.8) is 0 Å². The molecular formula is C27H41N5O2.